The van der Waals surface area contributed by atoms with Crippen LogP contribution in [0.5, 0.6) is 5.75 Å². The Kier molecular flexibility index (Phi) is 6.06. The van der Waals surface area contributed by atoms with E-state index in [2.05, 4.69) is 26.1 Å². The van der Waals surface area contributed by atoms with Crippen LogP contribution in [0.2, 0.25) is 0 Å². The van der Waals surface area contributed by atoms with Gasteiger partial charge >= 0.3 is 0 Å². The van der Waals surface area contributed by atoms with Gasteiger partial charge in [0.25, 0.3) is 0 Å². The molecule has 0 radical (unpaired) electrons. The molecule has 0 aliphatic rings. The van der Waals surface area contributed by atoms with Crippen molar-refractivity contribution in [2.75, 3.05) is 13.2 Å². The summed E-state index contributed by atoms with van der Waals surface area (Å²) in [5.74, 6) is 0.801. The second kappa shape index (κ2) is 7.31. The molecule has 0 bridgehead atoms. The van der Waals surface area contributed by atoms with Gasteiger partial charge in [0.15, 0.2) is 0 Å². The Labute approximate surface area is 116 Å². The van der Waals surface area contributed by atoms with Gasteiger partial charge in [0.2, 0.25) is 0 Å². The van der Waals surface area contributed by atoms with E-state index in [0.29, 0.717) is 6.54 Å². The van der Waals surface area contributed by atoms with Crippen LogP contribution in [-0.4, -0.2) is 29.9 Å². The normalized spacial score (nSPS) is 13.7. The third-order valence-corrected chi connectivity index (χ3v) is 2.56. The average molecular weight is 263 g/mol. The average Bonchev–Trinajstić information content (AvgIpc) is 2.35. The Bertz CT molecular complexity index is 407. The molecule has 2 N–H and O–H groups in total. The summed E-state index contributed by atoms with van der Waals surface area (Å²) < 4.78 is 5.68. The van der Waals surface area contributed by atoms with Gasteiger partial charge in [-0.05, 0) is 33.8 Å². The van der Waals surface area contributed by atoms with E-state index in [1.807, 2.05) is 43.3 Å². The zero-order chi connectivity index (χ0) is 14.3. The molecule has 106 valence electrons. The molecule has 3 nitrogen and oxygen atoms in total. The first-order chi connectivity index (χ1) is 8.92. The van der Waals surface area contributed by atoms with Gasteiger partial charge in [0.05, 0.1) is 0 Å². The van der Waals surface area contributed by atoms with E-state index in [-0.39, 0.29) is 12.1 Å². The second-order valence-corrected chi connectivity index (χ2v) is 5.63. The Morgan fingerprint density at radius 1 is 1.32 bits per heavy atom. The van der Waals surface area contributed by atoms with E-state index >= 15 is 0 Å². The van der Waals surface area contributed by atoms with Crippen molar-refractivity contribution in [3.63, 3.8) is 0 Å². The second-order valence-electron chi connectivity index (χ2n) is 5.63. The van der Waals surface area contributed by atoms with E-state index in [1.54, 1.807) is 0 Å². The van der Waals surface area contributed by atoms with Crippen LogP contribution in [0.25, 0.3) is 6.08 Å². The van der Waals surface area contributed by atoms with Crippen LogP contribution in [-0.2, 0) is 0 Å². The van der Waals surface area contributed by atoms with Crippen molar-refractivity contribution in [2.45, 2.75) is 39.3 Å². The summed E-state index contributed by atoms with van der Waals surface area (Å²) in [7, 11) is 0. The number of aliphatic hydroxyl groups excluding tert-OH is 1. The molecule has 19 heavy (non-hydrogen) atoms. The van der Waals surface area contributed by atoms with Crippen molar-refractivity contribution in [1.29, 1.82) is 0 Å². The highest BCUT2D eigenvalue weighted by atomic mass is 16.5. The lowest BCUT2D eigenvalue weighted by Gasteiger charge is -2.23. The maximum absolute atomic E-state index is 9.89. The fourth-order valence-electron chi connectivity index (χ4n) is 1.60. The molecule has 1 unspecified atom stereocenters. The maximum atomic E-state index is 9.89. The van der Waals surface area contributed by atoms with E-state index in [0.717, 1.165) is 11.3 Å². The number of hydrogen-bond acceptors (Lipinski definition) is 3. The van der Waals surface area contributed by atoms with Crippen molar-refractivity contribution in [2.24, 2.45) is 0 Å². The number of ether oxygens (including phenoxy) is 1. The summed E-state index contributed by atoms with van der Waals surface area (Å²) in [5.41, 5.74) is 1.03. The Balaban J connectivity index is 2.48. The lowest BCUT2D eigenvalue weighted by Crippen LogP contribution is -2.42. The lowest BCUT2D eigenvalue weighted by atomic mass is 10.1. The van der Waals surface area contributed by atoms with Crippen molar-refractivity contribution in [3.8, 4) is 5.75 Å². The molecule has 0 aliphatic carbocycles. The first-order valence-corrected chi connectivity index (χ1v) is 6.70. The van der Waals surface area contributed by atoms with Gasteiger partial charge in [-0.2, -0.15) is 0 Å². The van der Waals surface area contributed by atoms with Crippen LogP contribution in [0.3, 0.4) is 0 Å². The molecule has 1 atom stereocenters. The molecule has 0 amide bonds. The number of rotatable bonds is 6. The molecule has 1 rings (SSSR count). The van der Waals surface area contributed by atoms with E-state index < -0.39 is 6.10 Å². The standard InChI is InChI=1S/C16H25NO2/c1-5-8-13-9-6-7-10-15(13)19-12-14(18)11-17-16(2,3)4/h5-10,14,17-18H,11-12H2,1-4H3. The van der Waals surface area contributed by atoms with Crippen LogP contribution in [0.1, 0.15) is 33.3 Å². The summed E-state index contributed by atoms with van der Waals surface area (Å²) in [5, 5.41) is 13.1. The predicted molar refractivity (Wildman–Crippen MR) is 80.4 cm³/mol. The number of β-amino-alcohol motifs (C(OH)–C–C–N with tert-alkyl or cyclic N) is 1. The van der Waals surface area contributed by atoms with Gasteiger partial charge in [-0.25, -0.2) is 0 Å². The topological polar surface area (TPSA) is 41.5 Å². The van der Waals surface area contributed by atoms with E-state index in [4.69, 9.17) is 4.74 Å². The summed E-state index contributed by atoms with van der Waals surface area (Å²) in [4.78, 5) is 0. The molecule has 0 fully saturated rings. The molecule has 0 saturated heterocycles. The summed E-state index contributed by atoms with van der Waals surface area (Å²) >= 11 is 0. The molecule has 0 saturated carbocycles. The van der Waals surface area contributed by atoms with Crippen molar-refractivity contribution >= 4 is 6.08 Å². The van der Waals surface area contributed by atoms with Crippen molar-refractivity contribution in [3.05, 3.63) is 35.9 Å². The molecule has 3 heteroatoms. The van der Waals surface area contributed by atoms with Crippen LogP contribution < -0.4 is 10.1 Å². The highest BCUT2D eigenvalue weighted by Gasteiger charge is 2.12. The molecule has 0 aliphatic heterocycles. The number of nitrogens with one attached hydrogen (secondary N) is 1. The van der Waals surface area contributed by atoms with Crippen LogP contribution in [0, 0.1) is 0 Å². The monoisotopic (exact) mass is 263 g/mol. The smallest absolute Gasteiger partial charge is 0.126 e. The van der Waals surface area contributed by atoms with E-state index in [9.17, 15) is 5.11 Å². The van der Waals surface area contributed by atoms with Crippen LogP contribution in [0.4, 0.5) is 0 Å². The largest absolute Gasteiger partial charge is 0.490 e. The third kappa shape index (κ3) is 6.41. The minimum Gasteiger partial charge on any atom is -0.490 e. The molecule has 0 heterocycles. The Morgan fingerprint density at radius 3 is 2.63 bits per heavy atom. The van der Waals surface area contributed by atoms with E-state index in [1.165, 1.54) is 0 Å². The lowest BCUT2D eigenvalue weighted by molar-refractivity contribution is 0.0999. The van der Waals surface area contributed by atoms with Crippen molar-refractivity contribution in [1.82, 2.24) is 5.32 Å². The minimum absolute atomic E-state index is 0.00381. The molecule has 0 spiro atoms. The predicted octanol–water partition coefficient (Wildman–Crippen LogP) is 2.85. The molecular formula is C16H25NO2. The summed E-state index contributed by atoms with van der Waals surface area (Å²) in [6.07, 6.45) is 3.45. The van der Waals surface area contributed by atoms with Gasteiger partial charge < -0.3 is 15.2 Å². The zero-order valence-corrected chi connectivity index (χ0v) is 12.3. The highest BCUT2D eigenvalue weighted by Crippen LogP contribution is 2.19. The molecule has 1 aromatic rings. The number of hydrogen-bond donors (Lipinski definition) is 2. The number of allylic oxidation sites excluding steroid dienone is 1. The Hall–Kier alpha value is -1.32. The SMILES string of the molecule is CC=Cc1ccccc1OCC(O)CNC(C)(C)C. The Morgan fingerprint density at radius 2 is 2.00 bits per heavy atom. The van der Waals surface area contributed by atoms with Gasteiger partial charge in [-0.3, -0.25) is 0 Å². The fourth-order valence-corrected chi connectivity index (χ4v) is 1.60. The first kappa shape index (κ1) is 15.7. The fraction of sp³-hybridized carbons (Fsp3) is 0.500. The number of benzene rings is 1. The quantitative estimate of drug-likeness (QED) is 0.829. The van der Waals surface area contributed by atoms with Gasteiger partial charge in [-0.15, -0.1) is 0 Å². The highest BCUT2D eigenvalue weighted by molar-refractivity contribution is 5.56. The third-order valence-electron chi connectivity index (χ3n) is 2.56. The molecule has 1 aromatic carbocycles. The zero-order valence-electron chi connectivity index (χ0n) is 12.3. The van der Waals surface area contributed by atoms with Crippen LogP contribution in [0.15, 0.2) is 30.3 Å². The summed E-state index contributed by atoms with van der Waals surface area (Å²) in [6.45, 7) is 9.00. The number of aliphatic hydroxyl groups is 1. The van der Waals surface area contributed by atoms with Crippen LogP contribution >= 0.6 is 0 Å². The first-order valence-electron chi connectivity index (χ1n) is 6.70. The maximum Gasteiger partial charge on any atom is 0.126 e. The molecular weight excluding hydrogens is 238 g/mol. The van der Waals surface area contributed by atoms with Crippen molar-refractivity contribution < 1.29 is 9.84 Å². The number of para-hydroxylation sites is 1. The van der Waals surface area contributed by atoms with Gasteiger partial charge in [-0.1, -0.05) is 30.4 Å². The van der Waals surface area contributed by atoms with Gasteiger partial charge in [0, 0.05) is 17.6 Å². The van der Waals surface area contributed by atoms with Gasteiger partial charge in [0.1, 0.15) is 18.5 Å². The summed E-state index contributed by atoms with van der Waals surface area (Å²) in [6, 6.07) is 7.82. The molecule has 0 aromatic heterocycles. The minimum atomic E-state index is -0.516.